The second-order valence-electron chi connectivity index (χ2n) is 6.37. The molecule has 0 spiro atoms. The van der Waals surface area contributed by atoms with Crippen molar-refractivity contribution in [2.75, 3.05) is 31.6 Å². The zero-order valence-corrected chi connectivity index (χ0v) is 18.9. The van der Waals surface area contributed by atoms with Gasteiger partial charge in [-0.15, -0.1) is 24.0 Å². The molecule has 150 valence electrons. The maximum atomic E-state index is 12.7. The first-order valence-corrected chi connectivity index (χ1v) is 9.48. The molecule has 0 unspecified atom stereocenters. The minimum atomic E-state index is 0. The Morgan fingerprint density at radius 1 is 1.25 bits per heavy atom. The fourth-order valence-corrected chi connectivity index (χ4v) is 3.26. The summed E-state index contributed by atoms with van der Waals surface area (Å²) >= 11 is 5.79. The number of rotatable bonds is 5. The fraction of sp³-hybridized carbons (Fsp3) is 0.350. The number of pyridine rings is 1. The second-order valence-corrected chi connectivity index (χ2v) is 6.76. The first-order valence-electron chi connectivity index (χ1n) is 9.10. The number of carbonyl (C=O) groups excluding carboxylic acids is 1. The van der Waals surface area contributed by atoms with Gasteiger partial charge in [-0.1, -0.05) is 35.9 Å². The van der Waals surface area contributed by atoms with Gasteiger partial charge in [0, 0.05) is 32.0 Å². The zero-order valence-electron chi connectivity index (χ0n) is 15.8. The molecule has 1 aliphatic rings. The van der Waals surface area contributed by atoms with Crippen LogP contribution in [0.5, 0.6) is 0 Å². The maximum absolute atomic E-state index is 12.7. The summed E-state index contributed by atoms with van der Waals surface area (Å²) in [5.74, 6) is 0.655. The van der Waals surface area contributed by atoms with Gasteiger partial charge in [-0.25, -0.2) is 4.98 Å². The van der Waals surface area contributed by atoms with E-state index in [4.69, 9.17) is 11.6 Å². The predicted molar refractivity (Wildman–Crippen MR) is 125 cm³/mol. The summed E-state index contributed by atoms with van der Waals surface area (Å²) in [6, 6.07) is 11.8. The number of hydrogen-bond acceptors (Lipinski definition) is 3. The van der Waals surface area contributed by atoms with E-state index in [-0.39, 0.29) is 36.4 Å². The van der Waals surface area contributed by atoms with Crippen LogP contribution in [0.25, 0.3) is 0 Å². The average molecular weight is 514 g/mol. The monoisotopic (exact) mass is 513 g/mol. The van der Waals surface area contributed by atoms with Crippen molar-refractivity contribution in [1.29, 1.82) is 0 Å². The van der Waals surface area contributed by atoms with Gasteiger partial charge in [-0.2, -0.15) is 0 Å². The third kappa shape index (κ3) is 6.07. The smallest absolute Gasteiger partial charge is 0.246 e. The Bertz CT molecular complexity index is 812. The number of guanidine groups is 1. The summed E-state index contributed by atoms with van der Waals surface area (Å²) in [4.78, 5) is 22.8. The average Bonchev–Trinajstić information content (AvgIpc) is 2.71. The van der Waals surface area contributed by atoms with Crippen molar-refractivity contribution in [1.82, 2.24) is 15.6 Å². The molecule has 1 amide bonds. The third-order valence-electron chi connectivity index (χ3n) is 4.54. The SMILES string of the molecule is CN=C(NCCc1ccc(Cl)nc1)NCC(=O)N1CCCc2ccccc21.I. The number of aromatic nitrogens is 1. The van der Waals surface area contributed by atoms with E-state index in [2.05, 4.69) is 26.7 Å². The van der Waals surface area contributed by atoms with E-state index in [1.165, 1.54) is 5.56 Å². The largest absolute Gasteiger partial charge is 0.356 e. The van der Waals surface area contributed by atoms with Gasteiger partial charge in [0.2, 0.25) is 5.91 Å². The van der Waals surface area contributed by atoms with Gasteiger partial charge in [0.15, 0.2) is 5.96 Å². The summed E-state index contributed by atoms with van der Waals surface area (Å²) < 4.78 is 0. The molecule has 0 atom stereocenters. The molecule has 8 heteroatoms. The third-order valence-corrected chi connectivity index (χ3v) is 4.76. The number of halogens is 2. The Morgan fingerprint density at radius 2 is 2.07 bits per heavy atom. The molecule has 2 aromatic rings. The van der Waals surface area contributed by atoms with Gasteiger partial charge in [-0.3, -0.25) is 9.79 Å². The van der Waals surface area contributed by atoms with Crippen molar-refractivity contribution in [2.45, 2.75) is 19.3 Å². The first-order chi connectivity index (χ1) is 13.2. The number of hydrogen-bond donors (Lipinski definition) is 2. The van der Waals surface area contributed by atoms with Gasteiger partial charge in [0.25, 0.3) is 0 Å². The second kappa shape index (κ2) is 11.2. The Labute approximate surface area is 187 Å². The van der Waals surface area contributed by atoms with Crippen LogP contribution in [0, 0.1) is 0 Å². The first kappa shape index (κ1) is 22.4. The molecule has 0 bridgehead atoms. The van der Waals surface area contributed by atoms with Crippen LogP contribution in [0.3, 0.4) is 0 Å². The lowest BCUT2D eigenvalue weighted by Crippen LogP contribution is -2.46. The van der Waals surface area contributed by atoms with E-state index in [0.717, 1.165) is 37.1 Å². The summed E-state index contributed by atoms with van der Waals surface area (Å²) in [5.41, 5.74) is 3.34. The summed E-state index contributed by atoms with van der Waals surface area (Å²) in [5, 5.41) is 6.81. The van der Waals surface area contributed by atoms with Crippen LogP contribution >= 0.6 is 35.6 Å². The van der Waals surface area contributed by atoms with Gasteiger partial charge < -0.3 is 15.5 Å². The summed E-state index contributed by atoms with van der Waals surface area (Å²) in [7, 11) is 1.69. The molecular formula is C20H25ClIN5O. The van der Waals surface area contributed by atoms with Gasteiger partial charge in [0.1, 0.15) is 5.15 Å². The molecule has 28 heavy (non-hydrogen) atoms. The Kier molecular flexibility index (Phi) is 8.98. The van der Waals surface area contributed by atoms with Crippen LogP contribution < -0.4 is 15.5 Å². The molecule has 0 saturated carbocycles. The quantitative estimate of drug-likeness (QED) is 0.279. The predicted octanol–water partition coefficient (Wildman–Crippen LogP) is 3.04. The summed E-state index contributed by atoms with van der Waals surface area (Å²) in [6.45, 7) is 1.65. The highest BCUT2D eigenvalue weighted by atomic mass is 127. The number of carbonyl (C=O) groups is 1. The lowest BCUT2D eigenvalue weighted by Gasteiger charge is -2.29. The van der Waals surface area contributed by atoms with Crippen molar-refractivity contribution >= 4 is 53.1 Å². The van der Waals surface area contributed by atoms with Crippen LogP contribution in [-0.2, 0) is 17.6 Å². The van der Waals surface area contributed by atoms with E-state index < -0.39 is 0 Å². The molecule has 0 radical (unpaired) electrons. The van der Waals surface area contributed by atoms with Crippen molar-refractivity contribution in [3.8, 4) is 0 Å². The lowest BCUT2D eigenvalue weighted by atomic mass is 10.0. The maximum Gasteiger partial charge on any atom is 0.246 e. The van der Waals surface area contributed by atoms with Gasteiger partial charge >= 0.3 is 0 Å². The number of anilines is 1. The molecule has 1 aromatic heterocycles. The number of nitrogens with one attached hydrogen (secondary N) is 2. The summed E-state index contributed by atoms with van der Waals surface area (Å²) in [6.07, 6.45) is 4.57. The van der Waals surface area contributed by atoms with E-state index in [9.17, 15) is 4.79 Å². The van der Waals surface area contributed by atoms with Crippen LogP contribution in [0.2, 0.25) is 5.15 Å². The Morgan fingerprint density at radius 3 is 2.82 bits per heavy atom. The molecule has 0 aliphatic carbocycles. The normalized spacial score (nSPS) is 13.4. The molecule has 2 N–H and O–H groups in total. The topological polar surface area (TPSA) is 69.6 Å². The lowest BCUT2D eigenvalue weighted by molar-refractivity contribution is -0.117. The van der Waals surface area contributed by atoms with Crippen molar-refractivity contribution < 1.29 is 4.79 Å². The standard InChI is InChI=1S/C20H24ClN5O.HI/c1-22-20(23-11-10-15-8-9-18(21)24-13-15)25-14-19(27)26-12-4-6-16-5-2-3-7-17(16)26;/h2-3,5,7-9,13H,4,6,10-12,14H2,1H3,(H2,22,23,25);1H. The van der Waals surface area contributed by atoms with E-state index in [1.54, 1.807) is 19.3 Å². The van der Waals surface area contributed by atoms with Crippen LogP contribution in [0.1, 0.15) is 17.5 Å². The molecule has 0 saturated heterocycles. The van der Waals surface area contributed by atoms with Crippen LogP contribution in [-0.4, -0.2) is 43.5 Å². The number of aliphatic imine (C=N–C) groups is 1. The molecule has 1 aliphatic heterocycles. The number of fused-ring (bicyclic) bond motifs is 1. The van der Waals surface area contributed by atoms with Gasteiger partial charge in [-0.05, 0) is 42.5 Å². The fourth-order valence-electron chi connectivity index (χ4n) is 3.15. The highest BCUT2D eigenvalue weighted by Gasteiger charge is 2.21. The van der Waals surface area contributed by atoms with Crippen molar-refractivity contribution in [2.24, 2.45) is 4.99 Å². The molecule has 2 heterocycles. The molecule has 3 rings (SSSR count). The van der Waals surface area contributed by atoms with Crippen LogP contribution in [0.4, 0.5) is 5.69 Å². The number of amides is 1. The molecule has 6 nitrogen and oxygen atoms in total. The van der Waals surface area contributed by atoms with Crippen molar-refractivity contribution in [3.05, 3.63) is 58.9 Å². The highest BCUT2D eigenvalue weighted by Crippen LogP contribution is 2.26. The highest BCUT2D eigenvalue weighted by molar-refractivity contribution is 14.0. The molecule has 1 aromatic carbocycles. The number of para-hydroxylation sites is 1. The minimum Gasteiger partial charge on any atom is -0.356 e. The van der Waals surface area contributed by atoms with E-state index in [0.29, 0.717) is 17.7 Å². The number of aryl methyl sites for hydroxylation is 1. The van der Waals surface area contributed by atoms with Crippen molar-refractivity contribution in [3.63, 3.8) is 0 Å². The minimum absolute atomic E-state index is 0. The van der Waals surface area contributed by atoms with E-state index in [1.807, 2.05) is 29.2 Å². The van der Waals surface area contributed by atoms with Gasteiger partial charge in [0.05, 0.1) is 6.54 Å². The Hall–Kier alpha value is -1.87. The molecular weight excluding hydrogens is 489 g/mol. The van der Waals surface area contributed by atoms with E-state index >= 15 is 0 Å². The number of nitrogens with zero attached hydrogens (tertiary/aromatic N) is 3. The molecule has 0 fully saturated rings. The Balaban J connectivity index is 0.00000280. The van der Waals surface area contributed by atoms with Crippen LogP contribution in [0.15, 0.2) is 47.6 Å². The zero-order chi connectivity index (χ0) is 19.1. The number of benzene rings is 1.